The van der Waals surface area contributed by atoms with Crippen molar-refractivity contribution in [3.63, 3.8) is 0 Å². The molecule has 0 heterocycles. The Morgan fingerprint density at radius 2 is 0.683 bits per heavy atom. The molecule has 0 rings (SSSR count). The van der Waals surface area contributed by atoms with Crippen LogP contribution in [0.15, 0.2) is 0 Å². The number of hydrogen-bond acceptors (Lipinski definition) is 5. The van der Waals surface area contributed by atoms with Crippen LogP contribution in [0.2, 0.25) is 0 Å². The second-order valence-electron chi connectivity index (χ2n) is 12.3. The lowest BCUT2D eigenvalue weighted by Gasteiger charge is -2.20. The van der Waals surface area contributed by atoms with Gasteiger partial charge in [-0.25, -0.2) is 4.57 Å². The Kier molecular flexibility index (Phi) is 33.0. The first-order valence-electron chi connectivity index (χ1n) is 18.3. The molecule has 0 amide bonds. The zero-order valence-corrected chi connectivity index (χ0v) is 28.9. The molecule has 0 aliphatic heterocycles. The summed E-state index contributed by atoms with van der Waals surface area (Å²) in [5, 5.41) is 9.89. The van der Waals surface area contributed by atoms with Crippen molar-refractivity contribution in [3.05, 3.63) is 0 Å². The summed E-state index contributed by atoms with van der Waals surface area (Å²) in [4.78, 5) is 0. The first kappa shape index (κ1) is 41.1. The SMILES string of the molecule is CCCCCCCCCCCCCCCCOP(=O)(OCCCCCCCCCCCCCCCC)OC(O)CC. The van der Waals surface area contributed by atoms with Crippen LogP contribution >= 0.6 is 7.82 Å². The van der Waals surface area contributed by atoms with Crippen LogP contribution in [0.25, 0.3) is 0 Å². The third kappa shape index (κ3) is 31.3. The van der Waals surface area contributed by atoms with Crippen LogP contribution in [0.5, 0.6) is 0 Å². The van der Waals surface area contributed by atoms with E-state index in [1.807, 2.05) is 0 Å². The van der Waals surface area contributed by atoms with Gasteiger partial charge in [0.05, 0.1) is 13.2 Å². The van der Waals surface area contributed by atoms with Crippen molar-refractivity contribution in [2.24, 2.45) is 0 Å². The van der Waals surface area contributed by atoms with E-state index in [4.69, 9.17) is 13.6 Å². The molecule has 0 aromatic rings. The molecule has 1 unspecified atom stereocenters. The van der Waals surface area contributed by atoms with Gasteiger partial charge in [0.15, 0.2) is 6.29 Å². The van der Waals surface area contributed by atoms with E-state index in [0.29, 0.717) is 19.6 Å². The molecule has 0 saturated carbocycles. The standard InChI is InChI=1S/C35H73O5P/c1-4-7-9-11-13-15-17-19-21-23-25-27-29-31-33-38-41(37,40-35(36)6-3)39-34-32-30-28-26-24-22-20-18-16-14-12-10-8-5-2/h35-36H,4-34H2,1-3H3. The molecule has 0 spiro atoms. The van der Waals surface area contributed by atoms with E-state index in [-0.39, 0.29) is 0 Å². The highest BCUT2D eigenvalue weighted by Crippen LogP contribution is 2.51. The van der Waals surface area contributed by atoms with E-state index in [9.17, 15) is 9.67 Å². The van der Waals surface area contributed by atoms with Crippen molar-refractivity contribution in [1.82, 2.24) is 0 Å². The van der Waals surface area contributed by atoms with E-state index >= 15 is 0 Å². The van der Waals surface area contributed by atoms with Crippen LogP contribution < -0.4 is 0 Å². The maximum Gasteiger partial charge on any atom is 0.477 e. The molecular weight excluding hydrogens is 531 g/mol. The van der Waals surface area contributed by atoms with Gasteiger partial charge in [-0.1, -0.05) is 188 Å². The van der Waals surface area contributed by atoms with E-state index in [0.717, 1.165) is 25.7 Å². The van der Waals surface area contributed by atoms with Gasteiger partial charge in [-0.05, 0) is 19.3 Å². The Labute approximate surface area is 257 Å². The lowest BCUT2D eigenvalue weighted by Crippen LogP contribution is -2.12. The van der Waals surface area contributed by atoms with Crippen LogP contribution in [0.3, 0.4) is 0 Å². The number of aliphatic hydroxyl groups is 1. The molecular formula is C35H73O5P. The number of unbranched alkanes of at least 4 members (excludes halogenated alkanes) is 26. The number of phosphoric acid groups is 1. The normalized spacial score (nSPS) is 12.8. The largest absolute Gasteiger partial charge is 0.477 e. The van der Waals surface area contributed by atoms with Crippen LogP contribution in [0.4, 0.5) is 0 Å². The smallest absolute Gasteiger partial charge is 0.367 e. The molecule has 5 nitrogen and oxygen atoms in total. The molecule has 0 fully saturated rings. The molecule has 0 radical (unpaired) electrons. The third-order valence-electron chi connectivity index (χ3n) is 8.09. The highest BCUT2D eigenvalue weighted by Gasteiger charge is 2.29. The lowest BCUT2D eigenvalue weighted by atomic mass is 10.0. The van der Waals surface area contributed by atoms with Gasteiger partial charge in [-0.2, -0.15) is 0 Å². The summed E-state index contributed by atoms with van der Waals surface area (Å²) in [7, 11) is -3.71. The summed E-state index contributed by atoms with van der Waals surface area (Å²) in [6.07, 6.45) is 35.5. The van der Waals surface area contributed by atoms with Crippen molar-refractivity contribution < 1.29 is 23.2 Å². The topological polar surface area (TPSA) is 65.0 Å². The maximum absolute atomic E-state index is 13.0. The van der Waals surface area contributed by atoms with Crippen LogP contribution in [0, 0.1) is 0 Å². The van der Waals surface area contributed by atoms with Gasteiger partial charge in [-0.15, -0.1) is 0 Å². The molecule has 248 valence electrons. The quantitative estimate of drug-likeness (QED) is 0.0443. The van der Waals surface area contributed by atoms with Crippen LogP contribution in [0.1, 0.15) is 207 Å². The Morgan fingerprint density at radius 1 is 0.439 bits per heavy atom. The van der Waals surface area contributed by atoms with E-state index in [1.165, 1.54) is 154 Å². The molecule has 1 atom stereocenters. The molecule has 0 aliphatic carbocycles. The molecule has 41 heavy (non-hydrogen) atoms. The van der Waals surface area contributed by atoms with Gasteiger partial charge >= 0.3 is 7.82 Å². The van der Waals surface area contributed by atoms with Gasteiger partial charge in [0.2, 0.25) is 0 Å². The first-order chi connectivity index (χ1) is 20.1. The molecule has 0 aliphatic rings. The Balaban J connectivity index is 3.73. The zero-order valence-electron chi connectivity index (χ0n) is 28.0. The molecule has 0 saturated heterocycles. The van der Waals surface area contributed by atoms with Crippen molar-refractivity contribution >= 4 is 7.82 Å². The Hall–Kier alpha value is 0.0700. The predicted molar refractivity (Wildman–Crippen MR) is 178 cm³/mol. The van der Waals surface area contributed by atoms with E-state index in [2.05, 4.69) is 13.8 Å². The number of hydrogen-bond donors (Lipinski definition) is 1. The van der Waals surface area contributed by atoms with Crippen molar-refractivity contribution in [1.29, 1.82) is 0 Å². The highest BCUT2D eigenvalue weighted by atomic mass is 31.2. The fourth-order valence-corrected chi connectivity index (χ4v) is 6.62. The summed E-state index contributed by atoms with van der Waals surface area (Å²) in [5.41, 5.74) is 0. The predicted octanol–water partition coefficient (Wildman–Crippen LogP) is 12.8. The van der Waals surface area contributed by atoms with Gasteiger partial charge in [0.1, 0.15) is 0 Å². The summed E-state index contributed by atoms with van der Waals surface area (Å²) in [6, 6.07) is 0. The summed E-state index contributed by atoms with van der Waals surface area (Å²) >= 11 is 0. The number of phosphoric ester groups is 1. The average Bonchev–Trinajstić information content (AvgIpc) is 2.97. The van der Waals surface area contributed by atoms with Gasteiger partial charge in [0, 0.05) is 0 Å². The maximum atomic E-state index is 13.0. The van der Waals surface area contributed by atoms with Gasteiger partial charge in [-0.3, -0.25) is 13.6 Å². The monoisotopic (exact) mass is 605 g/mol. The lowest BCUT2D eigenvalue weighted by molar-refractivity contribution is -0.0502. The minimum Gasteiger partial charge on any atom is -0.367 e. The van der Waals surface area contributed by atoms with E-state index < -0.39 is 14.1 Å². The minimum atomic E-state index is -3.71. The van der Waals surface area contributed by atoms with Crippen molar-refractivity contribution in [3.8, 4) is 0 Å². The fourth-order valence-electron chi connectivity index (χ4n) is 5.27. The second-order valence-corrected chi connectivity index (χ2v) is 13.9. The summed E-state index contributed by atoms with van der Waals surface area (Å²) < 4.78 is 29.5. The molecule has 0 bridgehead atoms. The molecule has 6 heteroatoms. The third-order valence-corrected chi connectivity index (χ3v) is 9.59. The first-order valence-corrected chi connectivity index (χ1v) is 19.8. The van der Waals surface area contributed by atoms with E-state index in [1.54, 1.807) is 6.92 Å². The van der Waals surface area contributed by atoms with Gasteiger partial charge < -0.3 is 5.11 Å². The Morgan fingerprint density at radius 3 is 0.927 bits per heavy atom. The summed E-state index contributed by atoms with van der Waals surface area (Å²) in [5.74, 6) is 0. The highest BCUT2D eigenvalue weighted by molar-refractivity contribution is 7.48. The number of rotatable bonds is 35. The van der Waals surface area contributed by atoms with Crippen LogP contribution in [-0.2, 0) is 18.1 Å². The average molecular weight is 605 g/mol. The Bertz CT molecular complexity index is 507. The molecule has 0 aromatic heterocycles. The molecule has 0 aromatic carbocycles. The minimum absolute atomic E-state index is 0.352. The zero-order chi connectivity index (χ0) is 30.1. The van der Waals surface area contributed by atoms with Crippen molar-refractivity contribution in [2.75, 3.05) is 13.2 Å². The second kappa shape index (κ2) is 33.0. The van der Waals surface area contributed by atoms with Crippen molar-refractivity contribution in [2.45, 2.75) is 213 Å². The fraction of sp³-hybridized carbons (Fsp3) is 1.00. The van der Waals surface area contributed by atoms with Gasteiger partial charge in [0.25, 0.3) is 0 Å². The number of aliphatic hydroxyl groups excluding tert-OH is 1. The summed E-state index contributed by atoms with van der Waals surface area (Å²) in [6.45, 7) is 7.04. The molecule has 1 N–H and O–H groups in total. The van der Waals surface area contributed by atoms with Crippen LogP contribution in [-0.4, -0.2) is 24.6 Å².